The number of hydrogen-bond acceptors (Lipinski definition) is 7. The minimum atomic E-state index is -3.68. The Labute approximate surface area is 221 Å². The van der Waals surface area contributed by atoms with Crippen LogP contribution in [0.2, 0.25) is 0 Å². The number of ether oxygens (including phenoxy) is 2. The first kappa shape index (κ1) is 24.9. The second-order valence-corrected chi connectivity index (χ2v) is 12.0. The number of methoxy groups -OCH3 is 2. The van der Waals surface area contributed by atoms with Crippen molar-refractivity contribution >= 4 is 20.9 Å². The maximum absolute atomic E-state index is 13.5. The smallest absolute Gasteiger partial charge is 0.243 e. The zero-order chi connectivity index (χ0) is 26.5. The van der Waals surface area contributed by atoms with E-state index in [0.29, 0.717) is 31.9 Å². The van der Waals surface area contributed by atoms with Gasteiger partial charge in [-0.25, -0.2) is 8.42 Å². The van der Waals surface area contributed by atoms with Crippen molar-refractivity contribution < 1.29 is 23.0 Å². The van der Waals surface area contributed by atoms with E-state index in [0.717, 1.165) is 33.5 Å². The zero-order valence-electron chi connectivity index (χ0n) is 21.3. The van der Waals surface area contributed by atoms with Crippen LogP contribution in [-0.4, -0.2) is 73.2 Å². The molecule has 6 rings (SSSR count). The van der Waals surface area contributed by atoms with Crippen molar-refractivity contribution in [1.82, 2.24) is 19.2 Å². The number of nitrogens with zero attached hydrogens (tertiary/aromatic N) is 3. The summed E-state index contributed by atoms with van der Waals surface area (Å²) >= 11 is 0. The zero-order valence-corrected chi connectivity index (χ0v) is 22.1. The normalized spacial score (nSPS) is 19.3. The lowest BCUT2D eigenvalue weighted by molar-refractivity contribution is 0.0257. The first-order valence-corrected chi connectivity index (χ1v) is 13.9. The average molecular weight is 535 g/mol. The van der Waals surface area contributed by atoms with Gasteiger partial charge in [-0.05, 0) is 59.7 Å². The molecule has 4 aromatic rings. The molecule has 1 saturated heterocycles. The molecule has 4 heterocycles. The van der Waals surface area contributed by atoms with Crippen molar-refractivity contribution in [3.63, 3.8) is 0 Å². The van der Waals surface area contributed by atoms with Gasteiger partial charge in [0.15, 0.2) is 0 Å². The average Bonchev–Trinajstić information content (AvgIpc) is 3.30. The maximum atomic E-state index is 13.5. The highest BCUT2D eigenvalue weighted by molar-refractivity contribution is 7.89. The van der Waals surface area contributed by atoms with E-state index in [2.05, 4.69) is 14.9 Å². The van der Waals surface area contributed by atoms with Gasteiger partial charge in [0, 0.05) is 66.7 Å². The molecule has 0 bridgehead atoms. The van der Waals surface area contributed by atoms with E-state index in [1.165, 1.54) is 0 Å². The summed E-state index contributed by atoms with van der Waals surface area (Å²) in [6, 6.07) is 16.1. The Balaban J connectivity index is 1.41. The number of nitrogens with one attached hydrogen (secondary N) is 1. The van der Waals surface area contributed by atoms with Crippen LogP contribution in [0.15, 0.2) is 71.9 Å². The van der Waals surface area contributed by atoms with Crippen LogP contribution in [-0.2, 0) is 22.0 Å². The van der Waals surface area contributed by atoms with Gasteiger partial charge in [0.25, 0.3) is 0 Å². The lowest BCUT2D eigenvalue weighted by Crippen LogP contribution is -2.67. The summed E-state index contributed by atoms with van der Waals surface area (Å²) in [5.41, 5.74) is 3.57. The van der Waals surface area contributed by atoms with E-state index in [1.54, 1.807) is 55.2 Å². The number of aliphatic hydroxyl groups is 1. The highest BCUT2D eigenvalue weighted by Crippen LogP contribution is 2.50. The first-order chi connectivity index (χ1) is 18.4. The molecule has 0 radical (unpaired) electrons. The van der Waals surface area contributed by atoms with Crippen LogP contribution in [0.4, 0.5) is 0 Å². The first-order valence-electron chi connectivity index (χ1n) is 12.5. The molecule has 0 saturated carbocycles. The second-order valence-electron chi connectivity index (χ2n) is 10.0. The number of fused-ring (bicyclic) bond motifs is 4. The molecule has 2 aliphatic rings. The van der Waals surface area contributed by atoms with Gasteiger partial charge < -0.3 is 19.6 Å². The van der Waals surface area contributed by atoms with E-state index in [4.69, 9.17) is 9.47 Å². The summed E-state index contributed by atoms with van der Waals surface area (Å²) in [6.45, 7) is 1.85. The Kier molecular flexibility index (Phi) is 6.14. The fourth-order valence-electron chi connectivity index (χ4n) is 5.96. The number of aliphatic hydroxyl groups excluding tert-OH is 1. The SMILES string of the molecule is COc1ccc(S(=O)(=O)N2CC3(CN(Cc4ccncc4)[C@H](CO)c4[nH]c5cc(OC)ccc5c43)C2)cc1. The number of sulfonamides is 1. The van der Waals surface area contributed by atoms with Gasteiger partial charge in [-0.1, -0.05) is 0 Å². The van der Waals surface area contributed by atoms with Crippen LogP contribution in [0, 0.1) is 0 Å². The largest absolute Gasteiger partial charge is 0.497 e. The third kappa shape index (κ3) is 3.95. The Morgan fingerprint density at radius 3 is 2.34 bits per heavy atom. The molecular formula is C28H30N4O5S. The van der Waals surface area contributed by atoms with Gasteiger partial charge in [-0.15, -0.1) is 0 Å². The fourth-order valence-corrected chi connectivity index (χ4v) is 7.57. The molecule has 9 nitrogen and oxygen atoms in total. The molecule has 1 atom stereocenters. The molecule has 0 amide bonds. The Bertz CT molecular complexity index is 1560. The predicted molar refractivity (Wildman–Crippen MR) is 143 cm³/mol. The number of H-pyrrole nitrogens is 1. The van der Waals surface area contributed by atoms with E-state index in [-0.39, 0.29) is 17.5 Å². The monoisotopic (exact) mass is 534 g/mol. The van der Waals surface area contributed by atoms with Crippen molar-refractivity contribution in [2.24, 2.45) is 0 Å². The third-order valence-electron chi connectivity index (χ3n) is 7.81. The molecule has 2 aliphatic heterocycles. The number of aromatic nitrogens is 2. The molecule has 1 fully saturated rings. The lowest BCUT2D eigenvalue weighted by Gasteiger charge is -2.55. The molecule has 38 heavy (non-hydrogen) atoms. The minimum Gasteiger partial charge on any atom is -0.497 e. The summed E-state index contributed by atoms with van der Waals surface area (Å²) in [5.74, 6) is 1.34. The summed E-state index contributed by atoms with van der Waals surface area (Å²) in [7, 11) is -0.492. The topological polar surface area (TPSA) is 108 Å². The van der Waals surface area contributed by atoms with Crippen molar-refractivity contribution in [2.75, 3.05) is 40.5 Å². The van der Waals surface area contributed by atoms with Gasteiger partial charge in [-0.3, -0.25) is 9.88 Å². The van der Waals surface area contributed by atoms with E-state index < -0.39 is 15.4 Å². The highest BCUT2D eigenvalue weighted by Gasteiger charge is 2.55. The van der Waals surface area contributed by atoms with Crippen LogP contribution in [0.1, 0.15) is 22.9 Å². The number of aromatic amines is 1. The quantitative estimate of drug-likeness (QED) is 0.375. The molecule has 1 spiro atoms. The van der Waals surface area contributed by atoms with Crippen LogP contribution < -0.4 is 9.47 Å². The van der Waals surface area contributed by atoms with Crippen molar-refractivity contribution in [1.29, 1.82) is 0 Å². The predicted octanol–water partition coefficient (Wildman–Crippen LogP) is 3.07. The van der Waals surface area contributed by atoms with Crippen molar-refractivity contribution in [3.05, 3.63) is 83.8 Å². The van der Waals surface area contributed by atoms with Gasteiger partial charge in [-0.2, -0.15) is 4.31 Å². The Morgan fingerprint density at radius 1 is 1.00 bits per heavy atom. The number of rotatable bonds is 7. The maximum Gasteiger partial charge on any atom is 0.243 e. The van der Waals surface area contributed by atoms with E-state index >= 15 is 0 Å². The van der Waals surface area contributed by atoms with Crippen LogP contribution in [0.5, 0.6) is 11.5 Å². The lowest BCUT2D eigenvalue weighted by atomic mass is 9.70. The van der Waals surface area contributed by atoms with Crippen molar-refractivity contribution in [2.45, 2.75) is 22.9 Å². The van der Waals surface area contributed by atoms with Crippen LogP contribution in [0.3, 0.4) is 0 Å². The molecule has 2 N–H and O–H groups in total. The minimum absolute atomic E-state index is 0.0635. The summed E-state index contributed by atoms with van der Waals surface area (Å²) in [6.07, 6.45) is 3.52. The van der Waals surface area contributed by atoms with Crippen LogP contribution >= 0.6 is 0 Å². The Hall–Kier alpha value is -3.44. The third-order valence-corrected chi connectivity index (χ3v) is 9.61. The fraction of sp³-hybridized carbons (Fsp3) is 0.321. The second kappa shape index (κ2) is 9.39. The number of pyridine rings is 1. The summed E-state index contributed by atoms with van der Waals surface area (Å²) < 4.78 is 39.2. The van der Waals surface area contributed by atoms with Gasteiger partial charge in [0.05, 0.1) is 31.8 Å². The van der Waals surface area contributed by atoms with Gasteiger partial charge in [0.1, 0.15) is 11.5 Å². The van der Waals surface area contributed by atoms with E-state index in [1.807, 2.05) is 30.3 Å². The molecule has 0 aliphatic carbocycles. The number of hydrogen-bond donors (Lipinski definition) is 2. The molecular weight excluding hydrogens is 504 g/mol. The highest BCUT2D eigenvalue weighted by atomic mass is 32.2. The summed E-state index contributed by atoms with van der Waals surface area (Å²) in [5, 5.41) is 11.6. The van der Waals surface area contributed by atoms with Crippen LogP contribution in [0.25, 0.3) is 10.9 Å². The molecule has 10 heteroatoms. The molecule has 198 valence electrons. The number of benzene rings is 2. The Morgan fingerprint density at radius 2 is 1.68 bits per heavy atom. The standard InChI is InChI=1S/C28H30N4O5S/c1-36-20-3-6-22(7-4-20)38(34,35)32-17-28(18-32)16-31(14-19-9-11-29-12-10-19)25(15-33)27-26(28)23-8-5-21(37-2)13-24(23)30-27/h3-13,25,30,33H,14-18H2,1-2H3/t25-/m1/s1. The van der Waals surface area contributed by atoms with Gasteiger partial charge in [0.2, 0.25) is 10.0 Å². The molecule has 2 aromatic carbocycles. The summed E-state index contributed by atoms with van der Waals surface area (Å²) in [4.78, 5) is 10.2. The molecule has 0 unspecified atom stereocenters. The molecule has 2 aromatic heterocycles. The van der Waals surface area contributed by atoms with Crippen molar-refractivity contribution in [3.8, 4) is 11.5 Å². The van der Waals surface area contributed by atoms with E-state index in [9.17, 15) is 13.5 Å². The van der Waals surface area contributed by atoms with Gasteiger partial charge >= 0.3 is 0 Å².